The van der Waals surface area contributed by atoms with Crippen LogP contribution in [0.4, 0.5) is 5.69 Å². The zero-order valence-electron chi connectivity index (χ0n) is 12.7. The number of rotatable bonds is 8. The van der Waals surface area contributed by atoms with E-state index in [0.717, 1.165) is 37.3 Å². The lowest BCUT2D eigenvalue weighted by Gasteiger charge is -2.03. The van der Waals surface area contributed by atoms with Gasteiger partial charge in [0.15, 0.2) is 0 Å². The molecule has 0 unspecified atom stereocenters. The number of carbonyl (C=O) groups is 2. The van der Waals surface area contributed by atoms with Gasteiger partial charge in [-0.3, -0.25) is 4.79 Å². The van der Waals surface area contributed by atoms with Crippen molar-refractivity contribution in [2.45, 2.75) is 39.5 Å². The van der Waals surface area contributed by atoms with E-state index < -0.39 is 5.97 Å². The number of hydrogen-bond donors (Lipinski definition) is 1. The maximum absolute atomic E-state index is 11.6. The van der Waals surface area contributed by atoms with Crippen molar-refractivity contribution in [3.8, 4) is 0 Å². The molecule has 0 spiro atoms. The van der Waals surface area contributed by atoms with Crippen LogP contribution in [0, 0.1) is 6.92 Å². The summed E-state index contributed by atoms with van der Waals surface area (Å²) in [6.07, 6.45) is 6.56. The van der Waals surface area contributed by atoms with E-state index in [4.69, 9.17) is 4.74 Å². The molecule has 0 aliphatic rings. The van der Waals surface area contributed by atoms with E-state index in [1.54, 1.807) is 0 Å². The molecular formula is C17H23NO3. The SMILES string of the molecule is CCCCCCOC(=O)/C=C\C(=O)Nc1ccc(C)cc1. The molecule has 114 valence electrons. The average molecular weight is 289 g/mol. The number of unbranched alkanes of at least 4 members (excludes halogenated alkanes) is 3. The third kappa shape index (κ3) is 7.92. The molecule has 21 heavy (non-hydrogen) atoms. The van der Waals surface area contributed by atoms with Crippen molar-refractivity contribution in [3.63, 3.8) is 0 Å². The maximum atomic E-state index is 11.6. The van der Waals surface area contributed by atoms with Crippen LogP contribution in [0.15, 0.2) is 36.4 Å². The Balaban J connectivity index is 2.26. The minimum Gasteiger partial charge on any atom is -0.463 e. The van der Waals surface area contributed by atoms with Crippen molar-refractivity contribution in [1.82, 2.24) is 0 Å². The molecule has 0 saturated heterocycles. The Hall–Kier alpha value is -2.10. The van der Waals surface area contributed by atoms with E-state index in [-0.39, 0.29) is 5.91 Å². The van der Waals surface area contributed by atoms with Crippen LogP contribution < -0.4 is 5.32 Å². The first-order valence-electron chi connectivity index (χ1n) is 7.34. The van der Waals surface area contributed by atoms with E-state index in [1.807, 2.05) is 31.2 Å². The highest BCUT2D eigenvalue weighted by Gasteiger charge is 2.01. The van der Waals surface area contributed by atoms with Crippen LogP contribution in [0.2, 0.25) is 0 Å². The van der Waals surface area contributed by atoms with Crippen LogP contribution in [0.25, 0.3) is 0 Å². The molecule has 0 aliphatic carbocycles. The second-order valence-electron chi connectivity index (χ2n) is 4.92. The second kappa shape index (κ2) is 9.75. The van der Waals surface area contributed by atoms with Gasteiger partial charge in [-0.05, 0) is 25.5 Å². The first-order valence-corrected chi connectivity index (χ1v) is 7.34. The Kier molecular flexibility index (Phi) is 7.87. The van der Waals surface area contributed by atoms with E-state index in [0.29, 0.717) is 12.3 Å². The number of anilines is 1. The van der Waals surface area contributed by atoms with Gasteiger partial charge in [0, 0.05) is 17.8 Å². The largest absolute Gasteiger partial charge is 0.463 e. The lowest BCUT2D eigenvalue weighted by Crippen LogP contribution is -2.09. The monoisotopic (exact) mass is 289 g/mol. The first kappa shape index (κ1) is 17.0. The van der Waals surface area contributed by atoms with E-state index in [1.165, 1.54) is 6.08 Å². The van der Waals surface area contributed by atoms with E-state index in [2.05, 4.69) is 12.2 Å². The van der Waals surface area contributed by atoms with E-state index >= 15 is 0 Å². The topological polar surface area (TPSA) is 55.4 Å². The van der Waals surface area contributed by atoms with Crippen molar-refractivity contribution < 1.29 is 14.3 Å². The second-order valence-corrected chi connectivity index (χ2v) is 4.92. The average Bonchev–Trinajstić information content (AvgIpc) is 2.47. The normalized spacial score (nSPS) is 10.6. The van der Waals surface area contributed by atoms with Crippen molar-refractivity contribution in [1.29, 1.82) is 0 Å². The Morgan fingerprint density at radius 3 is 2.48 bits per heavy atom. The summed E-state index contributed by atoms with van der Waals surface area (Å²) in [5.74, 6) is -0.827. The predicted molar refractivity (Wildman–Crippen MR) is 84.0 cm³/mol. The molecule has 0 radical (unpaired) electrons. The summed E-state index contributed by atoms with van der Waals surface area (Å²) < 4.78 is 5.00. The molecule has 1 aromatic carbocycles. The third-order valence-corrected chi connectivity index (χ3v) is 2.93. The van der Waals surface area contributed by atoms with Crippen LogP contribution in [0.5, 0.6) is 0 Å². The molecule has 1 aromatic rings. The van der Waals surface area contributed by atoms with Gasteiger partial charge in [-0.2, -0.15) is 0 Å². The summed E-state index contributed by atoms with van der Waals surface area (Å²) in [6, 6.07) is 7.44. The number of nitrogens with one attached hydrogen (secondary N) is 1. The fraction of sp³-hybridized carbons (Fsp3) is 0.412. The molecule has 0 fully saturated rings. The van der Waals surface area contributed by atoms with Crippen LogP contribution in [-0.2, 0) is 14.3 Å². The fourth-order valence-electron chi connectivity index (χ4n) is 1.71. The number of benzene rings is 1. The summed E-state index contributed by atoms with van der Waals surface area (Å²) in [5, 5.41) is 2.67. The molecule has 0 bridgehead atoms. The van der Waals surface area contributed by atoms with E-state index in [9.17, 15) is 9.59 Å². The summed E-state index contributed by atoms with van der Waals surface area (Å²) in [7, 11) is 0. The Morgan fingerprint density at radius 1 is 1.10 bits per heavy atom. The summed E-state index contributed by atoms with van der Waals surface area (Å²) in [4.78, 5) is 23.0. The predicted octanol–water partition coefficient (Wildman–Crippen LogP) is 3.61. The minimum atomic E-state index is -0.481. The van der Waals surface area contributed by atoms with Crippen molar-refractivity contribution in [2.75, 3.05) is 11.9 Å². The molecule has 0 atom stereocenters. The van der Waals surface area contributed by atoms with Crippen molar-refractivity contribution in [3.05, 3.63) is 42.0 Å². The number of hydrogen-bond acceptors (Lipinski definition) is 3. The molecule has 1 N–H and O–H groups in total. The number of ether oxygens (including phenoxy) is 1. The van der Waals surface area contributed by atoms with Gasteiger partial charge in [-0.1, -0.05) is 43.9 Å². The van der Waals surface area contributed by atoms with Gasteiger partial charge in [-0.15, -0.1) is 0 Å². The van der Waals surface area contributed by atoms with Gasteiger partial charge in [-0.25, -0.2) is 4.79 Å². The molecule has 0 aliphatic heterocycles. The molecule has 0 saturated carbocycles. The van der Waals surface area contributed by atoms with Gasteiger partial charge in [0.25, 0.3) is 0 Å². The number of aryl methyl sites for hydroxylation is 1. The molecule has 1 rings (SSSR count). The standard InChI is InChI=1S/C17H23NO3/c1-3-4-5-6-13-21-17(20)12-11-16(19)18-15-9-7-14(2)8-10-15/h7-12H,3-6,13H2,1-2H3,(H,18,19)/b12-11-. The van der Waals surface area contributed by atoms with Gasteiger partial charge in [0.1, 0.15) is 0 Å². The summed E-state index contributed by atoms with van der Waals surface area (Å²) >= 11 is 0. The van der Waals surface area contributed by atoms with Crippen LogP contribution in [0.1, 0.15) is 38.2 Å². The highest BCUT2D eigenvalue weighted by Crippen LogP contribution is 2.08. The Morgan fingerprint density at radius 2 is 1.81 bits per heavy atom. The summed E-state index contributed by atoms with van der Waals surface area (Å²) in [5.41, 5.74) is 1.82. The molecular weight excluding hydrogens is 266 g/mol. The van der Waals surface area contributed by atoms with Gasteiger partial charge < -0.3 is 10.1 Å². The molecule has 4 nitrogen and oxygen atoms in total. The van der Waals surface area contributed by atoms with Gasteiger partial charge in [0.05, 0.1) is 6.61 Å². The molecule has 1 amide bonds. The Bertz CT molecular complexity index is 477. The Labute approximate surface area is 126 Å². The zero-order chi connectivity index (χ0) is 15.5. The summed E-state index contributed by atoms with van der Waals surface area (Å²) in [6.45, 7) is 4.51. The lowest BCUT2D eigenvalue weighted by atomic mass is 10.2. The minimum absolute atomic E-state index is 0.346. The number of amides is 1. The smallest absolute Gasteiger partial charge is 0.330 e. The maximum Gasteiger partial charge on any atom is 0.330 e. The van der Waals surface area contributed by atoms with Crippen molar-refractivity contribution in [2.24, 2.45) is 0 Å². The van der Waals surface area contributed by atoms with Gasteiger partial charge >= 0.3 is 5.97 Å². The first-order chi connectivity index (χ1) is 10.1. The fourth-order valence-corrected chi connectivity index (χ4v) is 1.71. The third-order valence-electron chi connectivity index (χ3n) is 2.93. The molecule has 4 heteroatoms. The van der Waals surface area contributed by atoms with Crippen LogP contribution in [-0.4, -0.2) is 18.5 Å². The quantitative estimate of drug-likeness (QED) is 0.452. The number of carbonyl (C=O) groups excluding carboxylic acids is 2. The van der Waals surface area contributed by atoms with Crippen molar-refractivity contribution >= 4 is 17.6 Å². The molecule has 0 aromatic heterocycles. The molecule has 0 heterocycles. The highest BCUT2D eigenvalue weighted by atomic mass is 16.5. The van der Waals surface area contributed by atoms with Gasteiger partial charge in [0.2, 0.25) is 5.91 Å². The van der Waals surface area contributed by atoms with Crippen LogP contribution >= 0.6 is 0 Å². The number of esters is 1. The lowest BCUT2D eigenvalue weighted by molar-refractivity contribution is -0.138. The zero-order valence-corrected chi connectivity index (χ0v) is 12.7. The highest BCUT2D eigenvalue weighted by molar-refractivity contribution is 6.02. The van der Waals surface area contributed by atoms with Crippen LogP contribution in [0.3, 0.4) is 0 Å².